The smallest absolute Gasteiger partial charge is 0.223 e. The van der Waals surface area contributed by atoms with Crippen LogP contribution in [0.25, 0.3) is 11.0 Å². The van der Waals surface area contributed by atoms with E-state index in [-0.39, 0.29) is 17.9 Å². The molecule has 1 saturated carbocycles. The number of aryl methyl sites for hydroxylation is 1. The van der Waals surface area contributed by atoms with E-state index in [9.17, 15) is 4.79 Å². The van der Waals surface area contributed by atoms with E-state index in [4.69, 9.17) is 4.98 Å². The lowest BCUT2D eigenvalue weighted by atomic mass is 9.88. The molecular weight excluding hydrogens is 370 g/mol. The summed E-state index contributed by atoms with van der Waals surface area (Å²) in [6, 6.07) is 8.32. The summed E-state index contributed by atoms with van der Waals surface area (Å²) in [5.74, 6) is 1.41. The first-order chi connectivity index (χ1) is 14.7. The van der Waals surface area contributed by atoms with Gasteiger partial charge in [-0.3, -0.25) is 4.79 Å². The molecule has 1 N–H and O–H groups in total. The largest absolute Gasteiger partial charge is 0.346 e. The van der Waals surface area contributed by atoms with Crippen molar-refractivity contribution in [3.63, 3.8) is 0 Å². The third kappa shape index (κ3) is 6.33. The van der Waals surface area contributed by atoms with Crippen LogP contribution < -0.4 is 5.32 Å². The Kier molecular flexibility index (Phi) is 9.23. The van der Waals surface area contributed by atoms with Gasteiger partial charge in [0.05, 0.1) is 17.1 Å². The minimum absolute atomic E-state index is 0.0547. The van der Waals surface area contributed by atoms with Crippen LogP contribution in [-0.2, 0) is 11.3 Å². The second kappa shape index (κ2) is 12.1. The van der Waals surface area contributed by atoms with Gasteiger partial charge in [-0.25, -0.2) is 4.98 Å². The molecule has 2 aromatic rings. The van der Waals surface area contributed by atoms with Gasteiger partial charge >= 0.3 is 0 Å². The highest BCUT2D eigenvalue weighted by atomic mass is 16.1. The number of carbonyl (C=O) groups excluding carboxylic acids is 1. The molecular formula is C26H41N3O. The van der Waals surface area contributed by atoms with Gasteiger partial charge in [0.15, 0.2) is 0 Å². The molecule has 1 aromatic heterocycles. The Bertz CT molecular complexity index is 776. The van der Waals surface area contributed by atoms with E-state index in [0.29, 0.717) is 0 Å². The number of amides is 1. The molecule has 4 heteroatoms. The van der Waals surface area contributed by atoms with Crippen molar-refractivity contribution in [1.82, 2.24) is 14.9 Å². The molecule has 0 radical (unpaired) electrons. The lowest BCUT2D eigenvalue weighted by molar-refractivity contribution is -0.126. The second-order valence-electron chi connectivity index (χ2n) is 9.15. The summed E-state index contributed by atoms with van der Waals surface area (Å²) in [5.41, 5.74) is 2.22. The van der Waals surface area contributed by atoms with Crippen LogP contribution in [0.4, 0.5) is 0 Å². The number of nitrogens with one attached hydrogen (secondary N) is 1. The Hall–Kier alpha value is -1.84. The molecule has 4 nitrogen and oxygen atoms in total. The number of rotatable bonds is 12. The Labute approximate surface area is 182 Å². The van der Waals surface area contributed by atoms with E-state index >= 15 is 0 Å². The zero-order valence-electron chi connectivity index (χ0n) is 19.2. The average molecular weight is 412 g/mol. The number of aromatic nitrogens is 2. The minimum Gasteiger partial charge on any atom is -0.346 e. The van der Waals surface area contributed by atoms with Crippen LogP contribution in [0.2, 0.25) is 0 Å². The van der Waals surface area contributed by atoms with Crippen LogP contribution >= 0.6 is 0 Å². The van der Waals surface area contributed by atoms with Gasteiger partial charge in [-0.15, -0.1) is 0 Å². The molecule has 1 amide bonds. The highest BCUT2D eigenvalue weighted by Crippen LogP contribution is 2.26. The predicted octanol–water partition coefficient (Wildman–Crippen LogP) is 6.93. The zero-order chi connectivity index (χ0) is 21.2. The lowest BCUT2D eigenvalue weighted by Crippen LogP contribution is -2.35. The third-order valence-corrected chi connectivity index (χ3v) is 6.64. The van der Waals surface area contributed by atoms with Crippen molar-refractivity contribution in [2.45, 2.75) is 110 Å². The molecule has 0 aliphatic heterocycles. The van der Waals surface area contributed by atoms with Crippen molar-refractivity contribution in [3.8, 4) is 0 Å². The third-order valence-electron chi connectivity index (χ3n) is 6.64. The van der Waals surface area contributed by atoms with E-state index in [1.807, 2.05) is 6.07 Å². The van der Waals surface area contributed by atoms with Crippen LogP contribution in [0, 0.1) is 5.92 Å². The number of benzene rings is 1. The molecule has 1 aromatic carbocycles. The molecule has 1 heterocycles. The quantitative estimate of drug-likeness (QED) is 0.385. The van der Waals surface area contributed by atoms with Crippen molar-refractivity contribution >= 4 is 16.9 Å². The van der Waals surface area contributed by atoms with Crippen molar-refractivity contribution in [2.75, 3.05) is 0 Å². The molecule has 0 spiro atoms. The van der Waals surface area contributed by atoms with Crippen LogP contribution in [0.5, 0.6) is 0 Å². The number of hydrogen-bond donors (Lipinski definition) is 1. The fourth-order valence-corrected chi connectivity index (χ4v) is 4.82. The van der Waals surface area contributed by atoms with E-state index < -0.39 is 0 Å². The van der Waals surface area contributed by atoms with Crippen molar-refractivity contribution in [2.24, 2.45) is 5.92 Å². The number of unbranched alkanes of at least 4 members (excludes halogenated alkanes) is 7. The fourth-order valence-electron chi connectivity index (χ4n) is 4.82. The van der Waals surface area contributed by atoms with Crippen LogP contribution in [-0.4, -0.2) is 15.5 Å². The van der Waals surface area contributed by atoms with E-state index in [1.165, 1.54) is 76.1 Å². The molecule has 166 valence electrons. The second-order valence-corrected chi connectivity index (χ2v) is 9.15. The number of para-hydroxylation sites is 2. The zero-order valence-corrected chi connectivity index (χ0v) is 19.2. The highest BCUT2D eigenvalue weighted by Gasteiger charge is 2.24. The maximum absolute atomic E-state index is 12.8. The number of fused-ring (bicyclic) bond motifs is 1. The first-order valence-electron chi connectivity index (χ1n) is 12.5. The number of hydrogen-bond acceptors (Lipinski definition) is 2. The molecule has 1 fully saturated rings. The van der Waals surface area contributed by atoms with Crippen LogP contribution in [0.1, 0.15) is 109 Å². The Morgan fingerprint density at radius 1 is 1.03 bits per heavy atom. The maximum Gasteiger partial charge on any atom is 0.223 e. The van der Waals surface area contributed by atoms with Gasteiger partial charge in [0.1, 0.15) is 5.82 Å². The molecule has 1 unspecified atom stereocenters. The van der Waals surface area contributed by atoms with Gasteiger partial charge in [-0.1, -0.05) is 83.3 Å². The van der Waals surface area contributed by atoms with E-state index in [2.05, 4.69) is 41.9 Å². The van der Waals surface area contributed by atoms with Gasteiger partial charge in [0, 0.05) is 12.5 Å². The first kappa shape index (κ1) is 22.8. The topological polar surface area (TPSA) is 46.9 Å². The Morgan fingerprint density at radius 3 is 2.43 bits per heavy atom. The Balaban J connectivity index is 1.59. The van der Waals surface area contributed by atoms with Crippen molar-refractivity contribution < 1.29 is 4.79 Å². The minimum atomic E-state index is -0.0547. The van der Waals surface area contributed by atoms with Crippen molar-refractivity contribution in [3.05, 3.63) is 30.1 Å². The molecule has 1 atom stereocenters. The van der Waals surface area contributed by atoms with Gasteiger partial charge in [0.25, 0.3) is 0 Å². The fraction of sp³-hybridized carbons (Fsp3) is 0.692. The summed E-state index contributed by atoms with van der Waals surface area (Å²) in [7, 11) is 0. The van der Waals surface area contributed by atoms with E-state index in [0.717, 1.165) is 30.7 Å². The van der Waals surface area contributed by atoms with Gasteiger partial charge in [0.2, 0.25) is 5.91 Å². The maximum atomic E-state index is 12.8. The molecule has 0 bridgehead atoms. The molecule has 30 heavy (non-hydrogen) atoms. The predicted molar refractivity (Wildman–Crippen MR) is 125 cm³/mol. The standard InChI is InChI=1S/C26H41N3O/c1-3-4-5-6-7-8-9-15-20-29-24-19-14-13-18-23(24)28-25(29)21(2)27-26(30)22-16-11-10-12-17-22/h13-14,18-19,21-22H,3-12,15-17,20H2,1-2H3,(H,27,30). The van der Waals surface area contributed by atoms with Gasteiger partial charge in [-0.2, -0.15) is 0 Å². The molecule has 1 aliphatic rings. The summed E-state index contributed by atoms with van der Waals surface area (Å²) in [5, 5.41) is 3.28. The van der Waals surface area contributed by atoms with Crippen LogP contribution in [0.3, 0.4) is 0 Å². The Morgan fingerprint density at radius 2 is 1.70 bits per heavy atom. The van der Waals surface area contributed by atoms with Gasteiger partial charge < -0.3 is 9.88 Å². The average Bonchev–Trinajstić information content (AvgIpc) is 3.15. The van der Waals surface area contributed by atoms with E-state index in [1.54, 1.807) is 0 Å². The molecule has 0 saturated heterocycles. The first-order valence-corrected chi connectivity index (χ1v) is 12.5. The molecule has 3 rings (SSSR count). The van der Waals surface area contributed by atoms with Gasteiger partial charge in [-0.05, 0) is 38.3 Å². The summed E-state index contributed by atoms with van der Waals surface area (Å²) < 4.78 is 2.35. The summed E-state index contributed by atoms with van der Waals surface area (Å²) >= 11 is 0. The molecule has 1 aliphatic carbocycles. The monoisotopic (exact) mass is 411 g/mol. The van der Waals surface area contributed by atoms with Crippen molar-refractivity contribution in [1.29, 1.82) is 0 Å². The summed E-state index contributed by atoms with van der Waals surface area (Å²) in [6.45, 7) is 5.34. The SMILES string of the molecule is CCCCCCCCCCn1c(C(C)NC(=O)C2CCCCC2)nc2ccccc21. The number of nitrogens with zero attached hydrogens (tertiary/aromatic N) is 2. The normalized spacial score (nSPS) is 16.1. The van der Waals surface area contributed by atoms with Crippen LogP contribution in [0.15, 0.2) is 24.3 Å². The lowest BCUT2D eigenvalue weighted by Gasteiger charge is -2.23. The number of imidazole rings is 1. The summed E-state index contributed by atoms with van der Waals surface area (Å²) in [4.78, 5) is 17.7. The highest BCUT2D eigenvalue weighted by molar-refractivity contribution is 5.80. The number of carbonyl (C=O) groups is 1. The summed E-state index contributed by atoms with van der Waals surface area (Å²) in [6.07, 6.45) is 16.3.